The van der Waals surface area contributed by atoms with Gasteiger partial charge in [-0.1, -0.05) is 0 Å². The maximum absolute atomic E-state index is 13.1. The van der Waals surface area contributed by atoms with Crippen LogP contribution in [0, 0.1) is 5.92 Å². The van der Waals surface area contributed by atoms with Gasteiger partial charge in [-0.15, -0.1) is 0 Å². The highest BCUT2D eigenvalue weighted by atomic mass is 19.4. The van der Waals surface area contributed by atoms with Crippen molar-refractivity contribution in [2.45, 2.75) is 38.5 Å². The summed E-state index contributed by atoms with van der Waals surface area (Å²) in [4.78, 5) is 15.6. The number of rotatable bonds is 4. The highest BCUT2D eigenvalue weighted by Crippen LogP contribution is 2.44. The fourth-order valence-electron chi connectivity index (χ4n) is 3.05. The third kappa shape index (κ3) is 4.00. The van der Waals surface area contributed by atoms with E-state index in [4.69, 9.17) is 0 Å². The molecule has 1 unspecified atom stereocenters. The van der Waals surface area contributed by atoms with Crippen molar-refractivity contribution >= 4 is 11.8 Å². The second-order valence-corrected chi connectivity index (χ2v) is 6.89. The molecule has 24 heavy (non-hydrogen) atoms. The van der Waals surface area contributed by atoms with Crippen LogP contribution in [0.25, 0.3) is 0 Å². The molecule has 1 fully saturated rings. The Hall–Kier alpha value is -1.77. The van der Waals surface area contributed by atoms with E-state index < -0.39 is 23.7 Å². The summed E-state index contributed by atoms with van der Waals surface area (Å²) in [6, 6.07) is 1.09. The number of nitrogens with one attached hydrogen (secondary N) is 1. The Bertz CT molecular complexity index is 582. The zero-order valence-corrected chi connectivity index (χ0v) is 14.4. The zero-order chi connectivity index (χ0) is 18.1. The van der Waals surface area contributed by atoms with Crippen molar-refractivity contribution < 1.29 is 18.0 Å². The van der Waals surface area contributed by atoms with Crippen LogP contribution in [-0.4, -0.2) is 64.5 Å². The minimum absolute atomic E-state index is 0.0738. The molecule has 1 aromatic heterocycles. The second kappa shape index (κ2) is 6.62. The van der Waals surface area contributed by atoms with Crippen LogP contribution >= 0.6 is 0 Å². The van der Waals surface area contributed by atoms with Crippen LogP contribution < -0.4 is 5.32 Å². The molecule has 1 aliphatic rings. The number of amides is 2. The monoisotopic (exact) mass is 347 g/mol. The fourth-order valence-corrected chi connectivity index (χ4v) is 3.05. The molecule has 6 nitrogen and oxygen atoms in total. The number of carbonyl (C=O) groups excluding carboxylic acids is 1. The molecule has 1 aromatic rings. The summed E-state index contributed by atoms with van der Waals surface area (Å²) in [6.45, 7) is 4.43. The van der Waals surface area contributed by atoms with Crippen LogP contribution in [0.2, 0.25) is 0 Å². The van der Waals surface area contributed by atoms with Crippen molar-refractivity contribution in [1.82, 2.24) is 19.6 Å². The molecule has 2 rings (SSSR count). The number of likely N-dealkylation sites (tertiary alicyclic amines) is 1. The number of anilines is 1. The normalized spacial score (nSPS) is 20.7. The molecule has 2 heterocycles. The molecule has 1 saturated heterocycles. The van der Waals surface area contributed by atoms with E-state index in [9.17, 15) is 18.0 Å². The van der Waals surface area contributed by atoms with Gasteiger partial charge in [-0.2, -0.15) is 18.3 Å². The largest absolute Gasteiger partial charge is 0.394 e. The van der Waals surface area contributed by atoms with Crippen molar-refractivity contribution in [2.24, 2.45) is 5.92 Å². The maximum atomic E-state index is 13.1. The maximum Gasteiger partial charge on any atom is 0.394 e. The topological polar surface area (TPSA) is 53.4 Å². The second-order valence-electron chi connectivity index (χ2n) is 6.89. The molecule has 2 amide bonds. The molecule has 0 bridgehead atoms. The molecule has 0 aliphatic carbocycles. The van der Waals surface area contributed by atoms with E-state index in [1.807, 2.05) is 19.0 Å². The number of alkyl halides is 3. The summed E-state index contributed by atoms with van der Waals surface area (Å²) in [7, 11) is 3.89. The lowest BCUT2D eigenvalue weighted by atomic mass is 9.88. The van der Waals surface area contributed by atoms with Gasteiger partial charge in [0.25, 0.3) is 0 Å². The number of hydrogen-bond donors (Lipinski definition) is 1. The number of likely N-dealkylation sites (N-methyl/N-ethyl adjacent to an activating group) is 1. The minimum atomic E-state index is -4.31. The Morgan fingerprint density at radius 2 is 2.12 bits per heavy atom. The molecule has 0 spiro atoms. The molecule has 9 heteroatoms. The molecule has 0 radical (unpaired) electrons. The van der Waals surface area contributed by atoms with Gasteiger partial charge in [-0.25, -0.2) is 4.79 Å². The molecule has 0 aromatic carbocycles. The van der Waals surface area contributed by atoms with Crippen LogP contribution in [0.4, 0.5) is 23.8 Å². The highest BCUT2D eigenvalue weighted by molar-refractivity contribution is 5.89. The lowest BCUT2D eigenvalue weighted by molar-refractivity contribution is -0.189. The Kier molecular flexibility index (Phi) is 5.12. The summed E-state index contributed by atoms with van der Waals surface area (Å²) < 4.78 is 41.0. The highest BCUT2D eigenvalue weighted by Gasteiger charge is 2.56. The van der Waals surface area contributed by atoms with Crippen molar-refractivity contribution in [2.75, 3.05) is 32.5 Å². The first-order valence-corrected chi connectivity index (χ1v) is 7.85. The quantitative estimate of drug-likeness (QED) is 0.911. The number of halogens is 3. The standard InChI is InChI=1S/C15H24F3N5O/c1-14(2)11(15(16,17)18)5-8-23(14)13(24)19-12-6-7-22(20-12)10-9-21(3)4/h6-7,11H,5,8-10H2,1-4H3,(H,19,20,24). The van der Waals surface area contributed by atoms with E-state index in [1.165, 1.54) is 18.7 Å². The molecule has 1 atom stereocenters. The average Bonchev–Trinajstić information content (AvgIpc) is 2.99. The van der Waals surface area contributed by atoms with Gasteiger partial charge in [0.2, 0.25) is 0 Å². The van der Waals surface area contributed by atoms with Gasteiger partial charge in [-0.3, -0.25) is 10.00 Å². The predicted molar refractivity (Wildman–Crippen MR) is 84.7 cm³/mol. The van der Waals surface area contributed by atoms with Crippen molar-refractivity contribution in [3.63, 3.8) is 0 Å². The fraction of sp³-hybridized carbons (Fsp3) is 0.733. The average molecular weight is 347 g/mol. The van der Waals surface area contributed by atoms with Crippen LogP contribution in [0.1, 0.15) is 20.3 Å². The minimum Gasteiger partial charge on any atom is -0.319 e. The molecule has 0 saturated carbocycles. The van der Waals surface area contributed by atoms with E-state index in [0.29, 0.717) is 12.4 Å². The van der Waals surface area contributed by atoms with Crippen LogP contribution in [0.3, 0.4) is 0 Å². The SMILES string of the molecule is CN(C)CCn1ccc(NC(=O)N2CCC(C(F)(F)F)C2(C)C)n1. The van der Waals surface area contributed by atoms with Gasteiger partial charge in [-0.05, 0) is 34.4 Å². The van der Waals surface area contributed by atoms with Gasteiger partial charge >= 0.3 is 12.2 Å². The Morgan fingerprint density at radius 3 is 2.67 bits per heavy atom. The summed E-state index contributed by atoms with van der Waals surface area (Å²) in [5.74, 6) is -1.18. The van der Waals surface area contributed by atoms with Crippen molar-refractivity contribution in [1.29, 1.82) is 0 Å². The van der Waals surface area contributed by atoms with E-state index in [2.05, 4.69) is 10.4 Å². The molecular formula is C15H24F3N5O. The zero-order valence-electron chi connectivity index (χ0n) is 14.4. The van der Waals surface area contributed by atoms with Gasteiger partial charge in [0.1, 0.15) is 0 Å². The number of hydrogen-bond acceptors (Lipinski definition) is 3. The van der Waals surface area contributed by atoms with Crippen molar-refractivity contribution in [3.8, 4) is 0 Å². The van der Waals surface area contributed by atoms with E-state index in [-0.39, 0.29) is 13.0 Å². The predicted octanol–water partition coefficient (Wildman–Crippen LogP) is 2.64. The summed E-state index contributed by atoms with van der Waals surface area (Å²) >= 11 is 0. The summed E-state index contributed by atoms with van der Waals surface area (Å²) in [6.07, 6.45) is -2.67. The lowest BCUT2D eigenvalue weighted by Crippen LogP contribution is -2.51. The van der Waals surface area contributed by atoms with Crippen molar-refractivity contribution in [3.05, 3.63) is 12.3 Å². The number of carbonyl (C=O) groups is 1. The van der Waals surface area contributed by atoms with E-state index >= 15 is 0 Å². The van der Waals surface area contributed by atoms with Crippen LogP contribution in [-0.2, 0) is 6.54 Å². The summed E-state index contributed by atoms with van der Waals surface area (Å²) in [5.41, 5.74) is -1.28. The van der Waals surface area contributed by atoms with Gasteiger partial charge in [0.05, 0.1) is 18.0 Å². The number of aromatic nitrogens is 2. The Morgan fingerprint density at radius 1 is 1.46 bits per heavy atom. The molecule has 1 N–H and O–H groups in total. The third-order valence-corrected chi connectivity index (χ3v) is 4.48. The smallest absolute Gasteiger partial charge is 0.319 e. The number of nitrogens with zero attached hydrogens (tertiary/aromatic N) is 4. The molecule has 136 valence electrons. The number of urea groups is 1. The Balaban J connectivity index is 2.00. The van der Waals surface area contributed by atoms with Gasteiger partial charge < -0.3 is 9.80 Å². The third-order valence-electron chi connectivity index (χ3n) is 4.48. The lowest BCUT2D eigenvalue weighted by Gasteiger charge is -2.36. The first-order valence-electron chi connectivity index (χ1n) is 7.85. The van der Waals surface area contributed by atoms with E-state index in [1.54, 1.807) is 16.9 Å². The molecular weight excluding hydrogens is 323 g/mol. The van der Waals surface area contributed by atoms with Crippen LogP contribution in [0.5, 0.6) is 0 Å². The summed E-state index contributed by atoms with van der Waals surface area (Å²) in [5, 5.41) is 6.81. The van der Waals surface area contributed by atoms with E-state index in [0.717, 1.165) is 6.54 Å². The first kappa shape index (κ1) is 18.6. The van der Waals surface area contributed by atoms with Gasteiger partial charge in [0.15, 0.2) is 5.82 Å². The molecule has 1 aliphatic heterocycles. The van der Waals surface area contributed by atoms with Gasteiger partial charge in [0, 0.05) is 25.4 Å². The Labute approximate surface area is 139 Å². The first-order chi connectivity index (χ1) is 11.0. The van der Waals surface area contributed by atoms with Crippen LogP contribution in [0.15, 0.2) is 12.3 Å².